The zero-order valence-corrected chi connectivity index (χ0v) is 89.0. The lowest BCUT2D eigenvalue weighted by molar-refractivity contribution is 0.0131. The first kappa shape index (κ1) is 104. The molecule has 14 aliphatic rings. The van der Waals surface area contributed by atoms with Crippen LogP contribution in [-0.2, 0) is 91.2 Å². The number of fused-ring (bicyclic) bond motifs is 12. The van der Waals surface area contributed by atoms with Crippen LogP contribution >= 0.6 is 0 Å². The fourth-order valence-electron chi connectivity index (χ4n) is 25.1. The van der Waals surface area contributed by atoms with Gasteiger partial charge in [-0.2, -0.15) is 5.10 Å². The molecule has 29 nitrogen and oxygen atoms in total. The van der Waals surface area contributed by atoms with Crippen molar-refractivity contribution in [2.45, 2.75) is 229 Å². The minimum Gasteiger partial charge on any atom is -0.490 e. The maximum atomic E-state index is 14.5. The first-order valence-electron chi connectivity index (χ1n) is 53.0. The number of aryl methyl sites for hydroxylation is 7. The third-order valence-electron chi connectivity index (χ3n) is 33.4. The van der Waals surface area contributed by atoms with E-state index in [4.69, 9.17) is 33.2 Å². The molecule has 32 heteroatoms. The predicted octanol–water partition coefficient (Wildman–Crippen LogP) is 18.0. The van der Waals surface area contributed by atoms with Crippen LogP contribution in [0.3, 0.4) is 0 Å². The normalized spacial score (nSPS) is 31.9. The monoisotopic (exact) mass is 2050 g/mol. The number of amides is 8. The molecular formula is C114H147N13O16S3. The predicted molar refractivity (Wildman–Crippen MR) is 570 cm³/mol. The molecule has 7 aromatic rings. The number of carbonyl (C=O) groups excluding carboxylic acids is 6. The Hall–Kier alpha value is -10.7. The highest BCUT2D eigenvalue weighted by atomic mass is 32.2. The van der Waals surface area contributed by atoms with Crippen molar-refractivity contribution in [1.82, 2.24) is 34.6 Å². The Bertz CT molecular complexity index is 6620. The summed E-state index contributed by atoms with van der Waals surface area (Å²) in [5.74, 6) is 1.87. The number of hydrogen-bond donors (Lipinski definition) is 5. The van der Waals surface area contributed by atoms with E-state index < -0.39 is 71.0 Å². The molecule has 7 heterocycles. The smallest absolute Gasteiger partial charge is 0.327 e. The SMILES string of the molecule is COCC1(NC(=O)NS2(=O)=NC(=O)c3ccc4c(c3)N(C[C@@H]3CC[C@H]3[C@@H](OC)/C=C/C[C@H](C)C2)C[C@@]2(CCCc3cc(C)ccc32)CO4)CC1.CO[C@H]1/C=C/C[C@H](C)CS(=O)(NC(=O)NC2CC2)=NC(=O)c2ccc3c(c2)N(C[C@@H]2CC[C@H]21)C[C@@]1(CCCc2cc(C)ccc21)CO3.CO[C@H]1/C=C/C[C@H](C)CS(=O)(NC(=O)c2cnn(C)c2)=NC(=O)c2ccc3c(c2)N(C[C@@H]2CC[C@H]21)C[C@@]1(CCCc2cc(C)ccc21)CO3. The quantitative estimate of drug-likeness (QED) is 0.0751. The molecule has 6 aromatic carbocycles. The van der Waals surface area contributed by atoms with Gasteiger partial charge in [0.2, 0.25) is 0 Å². The number of ether oxygens (including phenoxy) is 7. The lowest BCUT2D eigenvalue weighted by Gasteiger charge is -2.46. The molecule has 0 radical (unpaired) electrons. The van der Waals surface area contributed by atoms with Gasteiger partial charge in [-0.25, -0.2) is 22.2 Å². The highest BCUT2D eigenvalue weighted by Gasteiger charge is 2.51. The maximum absolute atomic E-state index is 14.5. The molecule has 3 unspecified atom stereocenters. The van der Waals surface area contributed by atoms with Crippen molar-refractivity contribution in [3.8, 4) is 17.2 Å². The number of benzene rings is 6. The van der Waals surface area contributed by atoms with Gasteiger partial charge in [-0.3, -0.25) is 38.0 Å². The van der Waals surface area contributed by atoms with E-state index >= 15 is 0 Å². The minimum atomic E-state index is -3.50. The average molecular weight is 2050 g/mol. The highest BCUT2D eigenvalue weighted by Crippen LogP contribution is 2.53. The third kappa shape index (κ3) is 23.2. The zero-order valence-electron chi connectivity index (χ0n) is 86.6. The van der Waals surface area contributed by atoms with Gasteiger partial charge in [0, 0.05) is 120 Å². The Morgan fingerprint density at radius 1 is 0.452 bits per heavy atom. The van der Waals surface area contributed by atoms with Gasteiger partial charge in [-0.05, 0) is 303 Å². The number of nitrogens with zero attached hydrogens (tertiary/aromatic N) is 8. The molecule has 5 fully saturated rings. The molecular weight excluding hydrogens is 1900 g/mol. The zero-order chi connectivity index (χ0) is 102. The van der Waals surface area contributed by atoms with Crippen LogP contribution < -0.4 is 53.7 Å². The molecule has 1 aromatic heterocycles. The number of carbonyl (C=O) groups is 6. The van der Waals surface area contributed by atoms with Gasteiger partial charge in [0.05, 0.1) is 96.4 Å². The van der Waals surface area contributed by atoms with E-state index in [0.29, 0.717) is 97.9 Å². The number of urea groups is 2. The summed E-state index contributed by atoms with van der Waals surface area (Å²) in [7, 11) is -1.78. The Morgan fingerprint density at radius 2 is 0.815 bits per heavy atom. The first-order valence-corrected chi connectivity index (χ1v) is 58.1. The van der Waals surface area contributed by atoms with Crippen LogP contribution in [0, 0.1) is 74.0 Å². The Balaban J connectivity index is 0.000000138. The topological polar surface area (TPSA) is 343 Å². The lowest BCUT2D eigenvalue weighted by Crippen LogP contribution is -2.49. The van der Waals surface area contributed by atoms with Crippen LogP contribution in [0.5, 0.6) is 17.2 Å². The van der Waals surface area contributed by atoms with Crippen LogP contribution in [0.2, 0.25) is 0 Å². The molecule has 21 rings (SSSR count). The van der Waals surface area contributed by atoms with Crippen molar-refractivity contribution in [1.29, 1.82) is 0 Å². The van der Waals surface area contributed by atoms with Crippen LogP contribution in [-0.4, -0.2) is 199 Å². The molecule has 5 N–H and O–H groups in total. The van der Waals surface area contributed by atoms with E-state index in [9.17, 15) is 41.4 Å². The molecule has 6 aliphatic heterocycles. The molecule has 146 heavy (non-hydrogen) atoms. The number of anilines is 3. The van der Waals surface area contributed by atoms with Gasteiger partial charge in [0.1, 0.15) is 47.0 Å². The second kappa shape index (κ2) is 43.4. The van der Waals surface area contributed by atoms with Crippen molar-refractivity contribution in [2.75, 3.05) is 126 Å². The van der Waals surface area contributed by atoms with Gasteiger partial charge in [-0.15, -0.1) is 13.1 Å². The summed E-state index contributed by atoms with van der Waals surface area (Å²) in [6.07, 6.45) is 36.9. The second-order valence-electron chi connectivity index (χ2n) is 44.9. The second-order valence-corrected chi connectivity index (χ2v) is 50.9. The van der Waals surface area contributed by atoms with Gasteiger partial charge < -0.3 is 58.5 Å². The van der Waals surface area contributed by atoms with E-state index in [0.717, 1.165) is 196 Å². The van der Waals surface area contributed by atoms with E-state index in [1.165, 1.54) is 60.9 Å². The summed E-state index contributed by atoms with van der Waals surface area (Å²) >= 11 is 0. The van der Waals surface area contributed by atoms with Gasteiger partial charge in [0.25, 0.3) is 23.6 Å². The van der Waals surface area contributed by atoms with Crippen molar-refractivity contribution in [3.05, 3.63) is 230 Å². The number of methoxy groups -OCH3 is 4. The Labute approximate surface area is 862 Å². The summed E-state index contributed by atoms with van der Waals surface area (Å²) in [5, 5.41) is 9.81. The van der Waals surface area contributed by atoms with Gasteiger partial charge >= 0.3 is 12.1 Å². The largest absolute Gasteiger partial charge is 0.490 e. The summed E-state index contributed by atoms with van der Waals surface area (Å²) in [4.78, 5) is 88.1. The van der Waals surface area contributed by atoms with E-state index in [1.807, 2.05) is 57.2 Å². The molecule has 5 saturated carbocycles. The summed E-state index contributed by atoms with van der Waals surface area (Å²) in [5.41, 5.74) is 14.8. The Kier molecular flexibility index (Phi) is 30.9. The third-order valence-corrected chi connectivity index (χ3v) is 39.4. The number of allylic oxidation sites excluding steroid dienone is 3. The fraction of sp³-hybridized carbons (Fsp3) is 0.553. The van der Waals surface area contributed by atoms with Gasteiger partial charge in [0.15, 0.2) is 0 Å². The van der Waals surface area contributed by atoms with Crippen molar-refractivity contribution < 1.29 is 74.6 Å². The molecule has 8 amide bonds. The fourth-order valence-corrected chi connectivity index (χ4v) is 30.6. The van der Waals surface area contributed by atoms with Gasteiger partial charge in [-0.1, -0.05) is 129 Å². The van der Waals surface area contributed by atoms with Crippen LogP contribution in [0.15, 0.2) is 171 Å². The van der Waals surface area contributed by atoms with Crippen molar-refractivity contribution >= 4 is 82.5 Å². The average Bonchev–Trinajstić information content (AvgIpc) is 1.61. The Morgan fingerprint density at radius 3 is 1.14 bits per heavy atom. The summed E-state index contributed by atoms with van der Waals surface area (Å²) in [6.45, 7) is 19.1. The first-order chi connectivity index (χ1) is 70.2. The summed E-state index contributed by atoms with van der Waals surface area (Å²) in [6, 6.07) is 35.7. The number of aromatic nitrogens is 2. The highest BCUT2D eigenvalue weighted by molar-refractivity contribution is 7.93. The van der Waals surface area contributed by atoms with Crippen LogP contribution in [0.25, 0.3) is 0 Å². The van der Waals surface area contributed by atoms with Crippen LogP contribution in [0.4, 0.5) is 26.7 Å². The molecule has 6 bridgehead atoms. The molecule has 18 atom stereocenters. The van der Waals surface area contributed by atoms with Crippen molar-refractivity contribution in [2.24, 2.45) is 73.4 Å². The molecule has 3 spiro atoms. The standard InChI is InChI=1S/C39H52N4O6S.C38H47N5O5S.C37H48N4O5S/c1-26-10-14-32-28(19-26)8-6-16-38(32)23-43-21-30-11-13-31(30)34(48-4)9-5-7-27(2)22-50(46,42-37(45)40-39(17-18-39)25-47-3)41-36(44)29-12-15-35(49-24-38)33(43)20-29;1-25-10-14-32-27(17-25)8-6-16-38(32)23-43-21-29-11-13-31(29)34(47-4)9-5-7-26(2)22-49(46,41-37(45)30-19-39-42(3)20-30)40-36(44)28-12-15-35(48-24-38)33(43)18-28;1-24-9-15-31-26(18-24)7-5-17-37(31)22-41-20-28-10-14-30(28)33(45-3)8-4-6-25(2)21-47(44,40-36(43)38-29-12-13-29)39-35(42)27-11-16-34(46-23-37)32(41)19-27/h5,9-10,12,14-15,19-20,27,30-31,34H,6-8,11,13,16-18,21-25H2,1-4H3,(H2,40,41,42,44,45,46);5,9-10,12,14-15,17-20,26,29,31,34H,6-8,11,13,16,21-24H2,1-4H3,(H,40,41,44,45,46);4,8-9,11,15-16,18-19,25,28-30,33H,5-7,10,12-14,17,20-23H2,1-3H3,(H2,38,39,40,42,43,44)/b2*9-5+;8-4+/t27-,30-,31+,34-,38-,50?;26-,29-,31+,34-,38-,49?;25-,28-,30+,33-,37-,47?/m000/s1. The van der Waals surface area contributed by atoms with Crippen molar-refractivity contribution in [3.63, 3.8) is 0 Å². The lowest BCUT2D eigenvalue weighted by atomic mass is 9.68. The molecule has 8 aliphatic carbocycles. The minimum absolute atomic E-state index is 0.0143. The van der Waals surface area contributed by atoms with E-state index in [2.05, 4.69) is 170 Å². The molecule has 0 saturated heterocycles. The summed E-state index contributed by atoms with van der Waals surface area (Å²) < 4.78 is 109. The molecule has 782 valence electrons. The number of rotatable bonds is 11. The van der Waals surface area contributed by atoms with Crippen LogP contribution in [0.1, 0.15) is 234 Å². The van der Waals surface area contributed by atoms with E-state index in [1.54, 1.807) is 59.9 Å². The number of hydrogen-bond acceptors (Lipinski definition) is 20. The van der Waals surface area contributed by atoms with E-state index in [-0.39, 0.29) is 81.2 Å². The number of nitrogens with one attached hydrogen (secondary N) is 5. The maximum Gasteiger partial charge on any atom is 0.327 e.